The predicted molar refractivity (Wildman–Crippen MR) is 49.7 cm³/mol. The Hall–Kier alpha value is -0.560. The molecule has 2 aliphatic carbocycles. The van der Waals surface area contributed by atoms with Crippen LogP contribution in [0.5, 0.6) is 0 Å². The van der Waals surface area contributed by atoms with Crippen molar-refractivity contribution in [3.05, 3.63) is 24.3 Å². The van der Waals surface area contributed by atoms with E-state index in [4.69, 9.17) is 0 Å². The summed E-state index contributed by atoms with van der Waals surface area (Å²) >= 11 is 0. The van der Waals surface area contributed by atoms with Crippen LogP contribution in [0.2, 0.25) is 0 Å². The van der Waals surface area contributed by atoms with Gasteiger partial charge in [0, 0.05) is 5.41 Å². The third-order valence-electron chi connectivity index (χ3n) is 3.29. The monoisotopic (exact) mass is 164 g/mol. The molecule has 12 heavy (non-hydrogen) atoms. The van der Waals surface area contributed by atoms with E-state index in [1.807, 2.05) is 19.1 Å². The molecule has 0 aliphatic heterocycles. The van der Waals surface area contributed by atoms with Crippen molar-refractivity contribution in [3.63, 3.8) is 0 Å². The highest BCUT2D eigenvalue weighted by Gasteiger charge is 2.44. The molecule has 0 aromatic rings. The Morgan fingerprint density at radius 1 is 1.67 bits per heavy atom. The molecule has 0 radical (unpaired) electrons. The number of rotatable bonds is 2. The van der Waals surface area contributed by atoms with Crippen LogP contribution in [0.3, 0.4) is 0 Å². The zero-order valence-corrected chi connectivity index (χ0v) is 7.53. The Morgan fingerprint density at radius 3 is 2.92 bits per heavy atom. The maximum atomic E-state index is 9.89. The van der Waals surface area contributed by atoms with Crippen molar-refractivity contribution in [2.24, 2.45) is 11.3 Å². The number of hydrogen-bond donors (Lipinski definition) is 1. The average Bonchev–Trinajstić information content (AvgIpc) is 2.64. The molecule has 1 saturated carbocycles. The first-order valence-electron chi connectivity index (χ1n) is 4.77. The van der Waals surface area contributed by atoms with Crippen LogP contribution in [0, 0.1) is 11.3 Å². The van der Waals surface area contributed by atoms with Crippen LogP contribution >= 0.6 is 0 Å². The minimum Gasteiger partial charge on any atom is -0.388 e. The molecular formula is C11H16O. The van der Waals surface area contributed by atoms with E-state index in [-0.39, 0.29) is 11.5 Å². The van der Waals surface area contributed by atoms with Gasteiger partial charge in [-0.15, -0.1) is 0 Å². The van der Waals surface area contributed by atoms with Gasteiger partial charge in [-0.25, -0.2) is 0 Å². The molecule has 0 aromatic heterocycles. The summed E-state index contributed by atoms with van der Waals surface area (Å²) < 4.78 is 0. The maximum Gasteiger partial charge on any atom is 0.0811 e. The molecule has 2 bridgehead atoms. The summed E-state index contributed by atoms with van der Waals surface area (Å²) in [6, 6.07) is 0. The number of fused-ring (bicyclic) bond motifs is 2. The van der Waals surface area contributed by atoms with Gasteiger partial charge in [0.2, 0.25) is 0 Å². The second kappa shape index (κ2) is 2.74. The lowest BCUT2D eigenvalue weighted by molar-refractivity contribution is 0.106. The number of allylic oxidation sites excluding steroid dienone is 2. The molecule has 0 heterocycles. The fraction of sp³-hybridized carbons (Fsp3) is 0.636. The van der Waals surface area contributed by atoms with Gasteiger partial charge in [0.1, 0.15) is 0 Å². The topological polar surface area (TPSA) is 20.2 Å². The molecule has 3 unspecified atom stereocenters. The van der Waals surface area contributed by atoms with Crippen molar-refractivity contribution in [1.82, 2.24) is 0 Å². The number of aliphatic hydroxyl groups is 1. The van der Waals surface area contributed by atoms with E-state index in [0.29, 0.717) is 0 Å². The van der Waals surface area contributed by atoms with E-state index < -0.39 is 0 Å². The van der Waals surface area contributed by atoms with E-state index in [1.54, 1.807) is 0 Å². The molecule has 0 spiro atoms. The van der Waals surface area contributed by atoms with Crippen LogP contribution < -0.4 is 0 Å². The summed E-state index contributed by atoms with van der Waals surface area (Å²) in [7, 11) is 0. The zero-order valence-electron chi connectivity index (χ0n) is 7.53. The van der Waals surface area contributed by atoms with E-state index in [9.17, 15) is 5.11 Å². The second-order valence-corrected chi connectivity index (χ2v) is 4.07. The highest BCUT2D eigenvalue weighted by atomic mass is 16.3. The van der Waals surface area contributed by atoms with Gasteiger partial charge in [0.25, 0.3) is 0 Å². The zero-order chi connectivity index (χ0) is 8.60. The van der Waals surface area contributed by atoms with Crippen molar-refractivity contribution < 1.29 is 5.11 Å². The molecule has 1 N–H and O–H groups in total. The van der Waals surface area contributed by atoms with Crippen molar-refractivity contribution in [2.75, 3.05) is 0 Å². The highest BCUT2D eigenvalue weighted by Crippen LogP contribution is 2.51. The third kappa shape index (κ3) is 1.04. The van der Waals surface area contributed by atoms with Crippen molar-refractivity contribution in [2.45, 2.75) is 32.3 Å². The van der Waals surface area contributed by atoms with Crippen LogP contribution in [0.1, 0.15) is 26.2 Å². The van der Waals surface area contributed by atoms with Crippen LogP contribution in [-0.4, -0.2) is 11.2 Å². The predicted octanol–water partition coefficient (Wildman–Crippen LogP) is 2.28. The molecule has 0 saturated heterocycles. The fourth-order valence-electron chi connectivity index (χ4n) is 2.53. The van der Waals surface area contributed by atoms with Crippen LogP contribution in [-0.2, 0) is 0 Å². The number of hydrogen-bond acceptors (Lipinski definition) is 1. The highest BCUT2D eigenvalue weighted by molar-refractivity contribution is 5.20. The molecule has 0 aromatic carbocycles. The van der Waals surface area contributed by atoms with Gasteiger partial charge >= 0.3 is 0 Å². The lowest BCUT2D eigenvalue weighted by Crippen LogP contribution is -2.27. The minimum absolute atomic E-state index is 0.108. The summed E-state index contributed by atoms with van der Waals surface area (Å²) in [4.78, 5) is 0. The lowest BCUT2D eigenvalue weighted by Gasteiger charge is -2.27. The first kappa shape index (κ1) is 8.06. The van der Waals surface area contributed by atoms with Crippen LogP contribution in [0.4, 0.5) is 0 Å². The summed E-state index contributed by atoms with van der Waals surface area (Å²) in [5.41, 5.74) is 0.108. The van der Waals surface area contributed by atoms with Gasteiger partial charge < -0.3 is 5.11 Å². The summed E-state index contributed by atoms with van der Waals surface area (Å²) in [5.74, 6) is 0.755. The molecule has 2 rings (SSSR count). The second-order valence-electron chi connectivity index (χ2n) is 4.07. The Kier molecular flexibility index (Phi) is 1.84. The molecule has 3 atom stereocenters. The summed E-state index contributed by atoms with van der Waals surface area (Å²) in [6.07, 6.45) is 11.7. The molecule has 2 aliphatic rings. The lowest BCUT2D eigenvalue weighted by atomic mass is 9.81. The van der Waals surface area contributed by atoms with E-state index in [1.165, 1.54) is 19.3 Å². The Labute approximate surface area is 73.8 Å². The average molecular weight is 164 g/mol. The quantitative estimate of drug-likeness (QED) is 0.621. The van der Waals surface area contributed by atoms with Gasteiger partial charge in [-0.05, 0) is 32.1 Å². The van der Waals surface area contributed by atoms with Crippen molar-refractivity contribution in [3.8, 4) is 0 Å². The van der Waals surface area contributed by atoms with E-state index >= 15 is 0 Å². The van der Waals surface area contributed by atoms with Gasteiger partial charge in [-0.2, -0.15) is 0 Å². The molecular weight excluding hydrogens is 148 g/mol. The Bertz CT molecular complexity index is 229. The molecule has 1 fully saturated rings. The summed E-state index contributed by atoms with van der Waals surface area (Å²) in [5, 5.41) is 9.89. The van der Waals surface area contributed by atoms with Gasteiger partial charge in [-0.1, -0.05) is 24.3 Å². The third-order valence-corrected chi connectivity index (χ3v) is 3.29. The normalized spacial score (nSPS) is 41.3. The molecule has 0 amide bonds. The van der Waals surface area contributed by atoms with Crippen LogP contribution in [0.15, 0.2) is 24.3 Å². The number of aliphatic hydroxyl groups excluding tert-OH is 1. The maximum absolute atomic E-state index is 9.89. The first-order chi connectivity index (χ1) is 5.77. The smallest absolute Gasteiger partial charge is 0.0811 e. The Morgan fingerprint density at radius 2 is 2.50 bits per heavy atom. The Balaban J connectivity index is 2.16. The van der Waals surface area contributed by atoms with E-state index in [0.717, 1.165) is 5.92 Å². The molecule has 1 nitrogen and oxygen atoms in total. The standard InChI is InChI=1S/C11H16O/c1-2-3-10(12)11-6-4-9(8-11)5-7-11/h2-4,6,9-10,12H,5,7-8H2,1H3. The fourth-order valence-corrected chi connectivity index (χ4v) is 2.53. The van der Waals surface area contributed by atoms with Gasteiger partial charge in [-0.3, -0.25) is 0 Å². The SMILES string of the molecule is CC=CC(O)C12C=CC(CC1)C2. The largest absolute Gasteiger partial charge is 0.388 e. The minimum atomic E-state index is -0.258. The molecule has 66 valence electrons. The first-order valence-corrected chi connectivity index (χ1v) is 4.77. The van der Waals surface area contributed by atoms with Crippen LogP contribution in [0.25, 0.3) is 0 Å². The van der Waals surface area contributed by atoms with Gasteiger partial charge in [0.05, 0.1) is 6.10 Å². The van der Waals surface area contributed by atoms with Crippen molar-refractivity contribution in [1.29, 1.82) is 0 Å². The summed E-state index contributed by atoms with van der Waals surface area (Å²) in [6.45, 7) is 1.96. The molecule has 1 heteroatoms. The van der Waals surface area contributed by atoms with Crippen molar-refractivity contribution >= 4 is 0 Å². The van der Waals surface area contributed by atoms with Gasteiger partial charge in [0.15, 0.2) is 0 Å². The van der Waals surface area contributed by atoms with E-state index in [2.05, 4.69) is 12.2 Å².